The summed E-state index contributed by atoms with van der Waals surface area (Å²) in [5.41, 5.74) is 0.142. The number of hydrogen-bond acceptors (Lipinski definition) is 2. The predicted octanol–water partition coefficient (Wildman–Crippen LogP) is 1.96. The number of imidazole rings is 1. The molecule has 14 heavy (non-hydrogen) atoms. The van der Waals surface area contributed by atoms with E-state index >= 15 is 0 Å². The molecule has 0 spiro atoms. The van der Waals surface area contributed by atoms with Gasteiger partial charge in [-0.2, -0.15) is 0 Å². The van der Waals surface area contributed by atoms with Crippen LogP contribution in [-0.4, -0.2) is 20.6 Å². The molecule has 0 aliphatic carbocycles. The molecule has 4 nitrogen and oxygen atoms in total. The van der Waals surface area contributed by atoms with Crippen LogP contribution in [0, 0.1) is 0 Å². The van der Waals surface area contributed by atoms with Crippen molar-refractivity contribution in [3.05, 3.63) is 16.7 Å². The predicted molar refractivity (Wildman–Crippen MR) is 51.8 cm³/mol. The molecule has 0 bridgehead atoms. The number of nitrogens with zero attached hydrogens (tertiary/aromatic N) is 2. The van der Waals surface area contributed by atoms with Gasteiger partial charge in [-0.15, -0.1) is 0 Å². The molecular formula is C9H11ClN2O2. The Morgan fingerprint density at radius 1 is 1.43 bits per heavy atom. The molecule has 76 valence electrons. The number of halogens is 1. The van der Waals surface area contributed by atoms with Crippen molar-refractivity contribution in [2.45, 2.75) is 32.2 Å². The van der Waals surface area contributed by atoms with Crippen LogP contribution >= 0.6 is 11.6 Å². The molecule has 1 aliphatic rings. The van der Waals surface area contributed by atoms with Gasteiger partial charge in [0, 0.05) is 13.0 Å². The summed E-state index contributed by atoms with van der Waals surface area (Å²) in [5, 5.41) is 9.08. The first-order valence-corrected chi connectivity index (χ1v) is 5.06. The number of aryl methyl sites for hydroxylation is 1. The van der Waals surface area contributed by atoms with Gasteiger partial charge in [-0.1, -0.05) is 18.0 Å². The van der Waals surface area contributed by atoms with Crippen LogP contribution in [-0.2, 0) is 13.0 Å². The second kappa shape index (κ2) is 3.61. The first-order chi connectivity index (χ1) is 6.70. The zero-order chi connectivity index (χ0) is 10.1. The van der Waals surface area contributed by atoms with Gasteiger partial charge >= 0.3 is 5.97 Å². The van der Waals surface area contributed by atoms with Gasteiger partial charge in [-0.05, 0) is 12.8 Å². The van der Waals surface area contributed by atoms with Gasteiger partial charge in [0.15, 0.2) is 10.8 Å². The molecule has 0 saturated carbocycles. The van der Waals surface area contributed by atoms with Crippen LogP contribution in [0.5, 0.6) is 0 Å². The van der Waals surface area contributed by atoms with Crippen LogP contribution < -0.4 is 0 Å². The number of hydrogen-bond donors (Lipinski definition) is 1. The molecule has 0 amide bonds. The molecule has 2 rings (SSSR count). The van der Waals surface area contributed by atoms with Crippen molar-refractivity contribution >= 4 is 17.6 Å². The minimum absolute atomic E-state index is 0.120. The van der Waals surface area contributed by atoms with Gasteiger partial charge in [0.25, 0.3) is 0 Å². The molecule has 0 unspecified atom stereocenters. The summed E-state index contributed by atoms with van der Waals surface area (Å²) in [6, 6.07) is 0. The summed E-state index contributed by atoms with van der Waals surface area (Å²) in [6.45, 7) is 0.719. The Bertz CT molecular complexity index is 373. The van der Waals surface area contributed by atoms with E-state index < -0.39 is 5.97 Å². The van der Waals surface area contributed by atoms with E-state index in [1.807, 2.05) is 0 Å². The highest BCUT2D eigenvalue weighted by molar-refractivity contribution is 6.32. The van der Waals surface area contributed by atoms with Crippen molar-refractivity contribution in [3.8, 4) is 0 Å². The number of rotatable bonds is 1. The second-order valence-corrected chi connectivity index (χ2v) is 3.79. The number of aromatic nitrogens is 2. The second-order valence-electron chi connectivity index (χ2n) is 3.43. The molecule has 1 N–H and O–H groups in total. The van der Waals surface area contributed by atoms with Crippen LogP contribution in [0.15, 0.2) is 0 Å². The van der Waals surface area contributed by atoms with E-state index in [9.17, 15) is 4.79 Å². The molecule has 2 heterocycles. The third-order valence-electron chi connectivity index (χ3n) is 2.49. The Labute approximate surface area is 86.5 Å². The van der Waals surface area contributed by atoms with Crippen molar-refractivity contribution in [2.24, 2.45) is 0 Å². The van der Waals surface area contributed by atoms with Gasteiger partial charge in [0.2, 0.25) is 0 Å². The zero-order valence-electron chi connectivity index (χ0n) is 7.66. The Morgan fingerprint density at radius 2 is 2.21 bits per heavy atom. The van der Waals surface area contributed by atoms with E-state index in [1.54, 1.807) is 4.57 Å². The molecule has 1 aromatic rings. The quantitative estimate of drug-likeness (QED) is 0.778. The zero-order valence-corrected chi connectivity index (χ0v) is 8.42. The monoisotopic (exact) mass is 214 g/mol. The first kappa shape index (κ1) is 9.52. The van der Waals surface area contributed by atoms with E-state index in [1.165, 1.54) is 0 Å². The highest BCUT2D eigenvalue weighted by atomic mass is 35.5. The number of carboxylic acid groups (broad SMARTS) is 1. The molecular weight excluding hydrogens is 204 g/mol. The smallest absolute Gasteiger partial charge is 0.355 e. The summed E-state index contributed by atoms with van der Waals surface area (Å²) in [7, 11) is 0. The van der Waals surface area contributed by atoms with Crippen LogP contribution in [0.2, 0.25) is 5.15 Å². The number of fused-ring (bicyclic) bond motifs is 1. The molecule has 5 heteroatoms. The fourth-order valence-electron chi connectivity index (χ4n) is 1.83. The highest BCUT2D eigenvalue weighted by Gasteiger charge is 2.22. The van der Waals surface area contributed by atoms with Gasteiger partial charge in [0.05, 0.1) is 0 Å². The maximum absolute atomic E-state index is 10.9. The average Bonchev–Trinajstić information content (AvgIpc) is 2.31. The normalized spacial score (nSPS) is 16.1. The first-order valence-electron chi connectivity index (χ1n) is 4.68. The molecule has 0 radical (unpaired) electrons. The van der Waals surface area contributed by atoms with Crippen LogP contribution in [0.3, 0.4) is 0 Å². The molecule has 0 fully saturated rings. The Morgan fingerprint density at radius 3 is 2.93 bits per heavy atom. The minimum Gasteiger partial charge on any atom is -0.476 e. The van der Waals surface area contributed by atoms with Gasteiger partial charge in [-0.3, -0.25) is 0 Å². The van der Waals surface area contributed by atoms with Crippen molar-refractivity contribution in [2.75, 3.05) is 0 Å². The molecule has 1 aliphatic heterocycles. The molecule has 0 aromatic carbocycles. The lowest BCUT2D eigenvalue weighted by Crippen LogP contribution is -2.10. The standard InChI is InChI=1S/C9H11ClN2O2/c10-8-7(9(13)14)12-5-3-1-2-4-6(12)11-8/h1-5H2,(H,13,14). The van der Waals surface area contributed by atoms with Crippen LogP contribution in [0.1, 0.15) is 35.6 Å². The van der Waals surface area contributed by atoms with Gasteiger partial charge in [0.1, 0.15) is 5.82 Å². The SMILES string of the molecule is O=C(O)c1c(Cl)nc2n1CCCCC2. The lowest BCUT2D eigenvalue weighted by atomic mass is 10.2. The van der Waals surface area contributed by atoms with Crippen molar-refractivity contribution in [1.29, 1.82) is 0 Å². The fraction of sp³-hybridized carbons (Fsp3) is 0.556. The number of carboxylic acids is 1. The lowest BCUT2D eigenvalue weighted by Gasteiger charge is -2.04. The topological polar surface area (TPSA) is 55.1 Å². The summed E-state index contributed by atoms with van der Waals surface area (Å²) < 4.78 is 1.73. The maximum Gasteiger partial charge on any atom is 0.355 e. The van der Waals surface area contributed by atoms with Crippen LogP contribution in [0.4, 0.5) is 0 Å². The molecule has 0 atom stereocenters. The summed E-state index contributed by atoms with van der Waals surface area (Å²) in [4.78, 5) is 15.0. The van der Waals surface area contributed by atoms with Gasteiger partial charge < -0.3 is 9.67 Å². The summed E-state index contributed by atoms with van der Waals surface area (Å²) >= 11 is 5.77. The third-order valence-corrected chi connectivity index (χ3v) is 2.75. The van der Waals surface area contributed by atoms with E-state index in [2.05, 4.69) is 4.98 Å². The number of aromatic carboxylic acids is 1. The Balaban J connectivity index is 2.49. The largest absolute Gasteiger partial charge is 0.476 e. The van der Waals surface area contributed by atoms with Gasteiger partial charge in [-0.25, -0.2) is 9.78 Å². The van der Waals surface area contributed by atoms with E-state index in [-0.39, 0.29) is 10.8 Å². The van der Waals surface area contributed by atoms with Crippen molar-refractivity contribution < 1.29 is 9.90 Å². The van der Waals surface area contributed by atoms with E-state index in [0.29, 0.717) is 0 Å². The average molecular weight is 215 g/mol. The fourth-order valence-corrected chi connectivity index (χ4v) is 2.11. The maximum atomic E-state index is 10.9. The van der Waals surface area contributed by atoms with Crippen molar-refractivity contribution in [1.82, 2.24) is 9.55 Å². The van der Waals surface area contributed by atoms with Crippen LogP contribution in [0.25, 0.3) is 0 Å². The molecule has 0 saturated heterocycles. The third kappa shape index (κ3) is 1.50. The minimum atomic E-state index is -0.990. The molecule has 1 aromatic heterocycles. The van der Waals surface area contributed by atoms with E-state index in [0.717, 1.165) is 38.1 Å². The summed E-state index contributed by atoms with van der Waals surface area (Å²) in [5.74, 6) is -0.180. The Kier molecular flexibility index (Phi) is 2.46. The van der Waals surface area contributed by atoms with Crippen molar-refractivity contribution in [3.63, 3.8) is 0 Å². The highest BCUT2D eigenvalue weighted by Crippen LogP contribution is 2.22. The number of carbonyl (C=O) groups is 1. The Hall–Kier alpha value is -1.03. The lowest BCUT2D eigenvalue weighted by molar-refractivity contribution is 0.0685. The summed E-state index contributed by atoms with van der Waals surface area (Å²) in [6.07, 6.45) is 4.01. The van der Waals surface area contributed by atoms with E-state index in [4.69, 9.17) is 16.7 Å².